The minimum Gasteiger partial charge on any atom is -0.326 e. The first-order valence-electron chi connectivity index (χ1n) is 7.48. The molecule has 0 spiro atoms. The third kappa shape index (κ3) is 2.73. The molecule has 0 radical (unpaired) electrons. The molecule has 0 atom stereocenters. The zero-order valence-corrected chi connectivity index (χ0v) is 13.1. The molecule has 0 saturated carbocycles. The first-order valence-corrected chi connectivity index (χ1v) is 7.86. The van der Waals surface area contributed by atoms with Crippen LogP contribution < -0.4 is 5.32 Å². The Morgan fingerprint density at radius 3 is 2.13 bits per heavy atom. The standard InChI is InChI=1S/C20H14ClNO/c21-18-3-1-2-15(11-18)13-4-6-14(7-5-13)16-8-9-19-17(10-16)12-20(23)22-19/h1-11H,12H2,(H,22,23). The van der Waals surface area contributed by atoms with Crippen LogP contribution >= 0.6 is 11.6 Å². The number of amides is 1. The molecule has 1 aliphatic heterocycles. The summed E-state index contributed by atoms with van der Waals surface area (Å²) in [5.74, 6) is 0.0634. The molecule has 112 valence electrons. The van der Waals surface area contributed by atoms with Crippen LogP contribution in [0.5, 0.6) is 0 Å². The fourth-order valence-corrected chi connectivity index (χ4v) is 3.12. The van der Waals surface area contributed by atoms with Gasteiger partial charge in [0.15, 0.2) is 0 Å². The first kappa shape index (κ1) is 14.0. The summed E-state index contributed by atoms with van der Waals surface area (Å²) in [5.41, 5.74) is 6.48. The number of carbonyl (C=O) groups excluding carboxylic acids is 1. The van der Waals surface area contributed by atoms with Gasteiger partial charge in [-0.3, -0.25) is 4.79 Å². The van der Waals surface area contributed by atoms with Gasteiger partial charge in [0, 0.05) is 10.7 Å². The molecule has 4 rings (SSSR count). The van der Waals surface area contributed by atoms with E-state index in [2.05, 4.69) is 35.6 Å². The number of hydrogen-bond acceptors (Lipinski definition) is 1. The summed E-state index contributed by atoms with van der Waals surface area (Å²) in [6, 6.07) is 22.3. The highest BCUT2D eigenvalue weighted by molar-refractivity contribution is 6.30. The number of halogens is 1. The van der Waals surface area contributed by atoms with Crippen LogP contribution in [0.4, 0.5) is 5.69 Å². The molecule has 3 aromatic carbocycles. The van der Waals surface area contributed by atoms with Gasteiger partial charge >= 0.3 is 0 Å². The normalized spacial score (nSPS) is 12.8. The van der Waals surface area contributed by atoms with Gasteiger partial charge in [0.2, 0.25) is 5.91 Å². The lowest BCUT2D eigenvalue weighted by molar-refractivity contribution is -0.115. The highest BCUT2D eigenvalue weighted by atomic mass is 35.5. The molecule has 0 unspecified atom stereocenters. The number of benzene rings is 3. The molecule has 1 amide bonds. The van der Waals surface area contributed by atoms with Crippen molar-refractivity contribution in [3.63, 3.8) is 0 Å². The van der Waals surface area contributed by atoms with Crippen LogP contribution in [0.3, 0.4) is 0 Å². The van der Waals surface area contributed by atoms with E-state index >= 15 is 0 Å². The molecule has 0 aliphatic carbocycles. The smallest absolute Gasteiger partial charge is 0.228 e. The van der Waals surface area contributed by atoms with Gasteiger partial charge in [0.05, 0.1) is 6.42 Å². The van der Waals surface area contributed by atoms with Crippen molar-refractivity contribution in [3.05, 3.63) is 77.3 Å². The van der Waals surface area contributed by atoms with Crippen molar-refractivity contribution < 1.29 is 4.79 Å². The van der Waals surface area contributed by atoms with Crippen LogP contribution in [0.1, 0.15) is 5.56 Å². The van der Waals surface area contributed by atoms with E-state index in [-0.39, 0.29) is 5.91 Å². The number of rotatable bonds is 2. The SMILES string of the molecule is O=C1Cc2cc(-c3ccc(-c4cccc(Cl)c4)cc3)ccc2N1. The Kier molecular flexibility index (Phi) is 3.40. The number of carbonyl (C=O) groups is 1. The Bertz CT molecular complexity index is 900. The van der Waals surface area contributed by atoms with Crippen molar-refractivity contribution in [2.75, 3.05) is 5.32 Å². The van der Waals surface area contributed by atoms with E-state index in [1.807, 2.05) is 36.4 Å². The van der Waals surface area contributed by atoms with Gasteiger partial charge in [-0.05, 0) is 52.1 Å². The van der Waals surface area contributed by atoms with Crippen molar-refractivity contribution >= 4 is 23.2 Å². The molecule has 1 heterocycles. The van der Waals surface area contributed by atoms with E-state index in [0.717, 1.165) is 38.5 Å². The van der Waals surface area contributed by atoms with Gasteiger partial charge in [-0.1, -0.05) is 54.1 Å². The van der Waals surface area contributed by atoms with E-state index in [0.29, 0.717) is 6.42 Å². The van der Waals surface area contributed by atoms with E-state index in [4.69, 9.17) is 11.6 Å². The molecule has 0 bridgehead atoms. The molecular formula is C20H14ClNO. The molecule has 1 aliphatic rings. The maximum Gasteiger partial charge on any atom is 0.228 e. The maximum atomic E-state index is 11.5. The number of nitrogens with one attached hydrogen (secondary N) is 1. The lowest BCUT2D eigenvalue weighted by Crippen LogP contribution is -2.03. The van der Waals surface area contributed by atoms with Gasteiger partial charge in [-0.15, -0.1) is 0 Å². The summed E-state index contributed by atoms with van der Waals surface area (Å²) in [7, 11) is 0. The van der Waals surface area contributed by atoms with Crippen LogP contribution in [0.25, 0.3) is 22.3 Å². The summed E-state index contributed by atoms with van der Waals surface area (Å²) in [6.07, 6.45) is 0.462. The second-order valence-corrected chi connectivity index (χ2v) is 6.12. The van der Waals surface area contributed by atoms with Crippen LogP contribution in [0.2, 0.25) is 5.02 Å². The lowest BCUT2D eigenvalue weighted by Gasteiger charge is -2.07. The van der Waals surface area contributed by atoms with E-state index in [1.54, 1.807) is 0 Å². The van der Waals surface area contributed by atoms with Crippen LogP contribution in [0, 0.1) is 0 Å². The Morgan fingerprint density at radius 1 is 0.783 bits per heavy atom. The molecule has 23 heavy (non-hydrogen) atoms. The van der Waals surface area contributed by atoms with Gasteiger partial charge < -0.3 is 5.32 Å². The number of hydrogen-bond donors (Lipinski definition) is 1. The number of anilines is 1. The minimum absolute atomic E-state index is 0.0634. The molecule has 0 fully saturated rings. The molecular weight excluding hydrogens is 306 g/mol. The maximum absolute atomic E-state index is 11.5. The average Bonchev–Trinajstić information content (AvgIpc) is 2.94. The van der Waals surface area contributed by atoms with E-state index in [1.165, 1.54) is 0 Å². The largest absolute Gasteiger partial charge is 0.326 e. The van der Waals surface area contributed by atoms with Crippen molar-refractivity contribution in [2.45, 2.75) is 6.42 Å². The zero-order chi connectivity index (χ0) is 15.8. The summed E-state index contributed by atoms with van der Waals surface area (Å²) >= 11 is 6.05. The Balaban J connectivity index is 1.66. The van der Waals surface area contributed by atoms with Gasteiger partial charge in [0.1, 0.15) is 0 Å². The molecule has 3 heteroatoms. The van der Waals surface area contributed by atoms with Crippen LogP contribution in [0.15, 0.2) is 66.7 Å². The molecule has 0 aromatic heterocycles. The van der Waals surface area contributed by atoms with Gasteiger partial charge in [-0.25, -0.2) is 0 Å². The quantitative estimate of drug-likeness (QED) is 0.693. The van der Waals surface area contributed by atoms with Crippen molar-refractivity contribution in [1.82, 2.24) is 0 Å². The molecule has 0 saturated heterocycles. The second-order valence-electron chi connectivity index (χ2n) is 5.68. The highest BCUT2D eigenvalue weighted by Crippen LogP contribution is 2.30. The summed E-state index contributed by atoms with van der Waals surface area (Å²) < 4.78 is 0. The van der Waals surface area contributed by atoms with Crippen LogP contribution in [-0.2, 0) is 11.2 Å². The Morgan fingerprint density at radius 2 is 1.43 bits per heavy atom. The highest BCUT2D eigenvalue weighted by Gasteiger charge is 2.17. The topological polar surface area (TPSA) is 29.1 Å². The Labute approximate surface area is 139 Å². The number of fused-ring (bicyclic) bond motifs is 1. The fourth-order valence-electron chi connectivity index (χ4n) is 2.93. The predicted molar refractivity (Wildman–Crippen MR) is 94.7 cm³/mol. The lowest BCUT2D eigenvalue weighted by atomic mass is 9.98. The molecule has 3 aromatic rings. The van der Waals surface area contributed by atoms with E-state index < -0.39 is 0 Å². The summed E-state index contributed by atoms with van der Waals surface area (Å²) in [6.45, 7) is 0. The zero-order valence-electron chi connectivity index (χ0n) is 12.3. The van der Waals surface area contributed by atoms with E-state index in [9.17, 15) is 4.79 Å². The van der Waals surface area contributed by atoms with Crippen molar-refractivity contribution in [1.29, 1.82) is 0 Å². The molecule has 1 N–H and O–H groups in total. The first-order chi connectivity index (χ1) is 11.2. The van der Waals surface area contributed by atoms with Crippen LogP contribution in [-0.4, -0.2) is 5.91 Å². The van der Waals surface area contributed by atoms with Crippen molar-refractivity contribution in [3.8, 4) is 22.3 Å². The summed E-state index contributed by atoms with van der Waals surface area (Å²) in [4.78, 5) is 11.5. The third-order valence-corrected chi connectivity index (χ3v) is 4.34. The fraction of sp³-hybridized carbons (Fsp3) is 0.0500. The third-order valence-electron chi connectivity index (χ3n) is 4.11. The second kappa shape index (κ2) is 5.56. The Hall–Kier alpha value is -2.58. The van der Waals surface area contributed by atoms with Crippen molar-refractivity contribution in [2.24, 2.45) is 0 Å². The van der Waals surface area contributed by atoms with Gasteiger partial charge in [-0.2, -0.15) is 0 Å². The minimum atomic E-state index is 0.0634. The predicted octanol–water partition coefficient (Wildman–Crippen LogP) is 5.17. The summed E-state index contributed by atoms with van der Waals surface area (Å²) in [5, 5.41) is 3.60. The van der Waals surface area contributed by atoms with Gasteiger partial charge in [0.25, 0.3) is 0 Å². The molecule has 2 nitrogen and oxygen atoms in total. The monoisotopic (exact) mass is 319 g/mol. The average molecular weight is 320 g/mol.